The average Bonchev–Trinajstić information content (AvgIpc) is 2.85. The molecule has 2 rings (SSSR count). The van der Waals surface area contributed by atoms with Crippen LogP contribution in [0.4, 0.5) is 13.2 Å². The summed E-state index contributed by atoms with van der Waals surface area (Å²) in [6.45, 7) is 3.51. The van der Waals surface area contributed by atoms with Crippen LogP contribution in [-0.2, 0) is 12.6 Å². The van der Waals surface area contributed by atoms with Crippen LogP contribution in [0.3, 0.4) is 0 Å². The topological polar surface area (TPSA) is 17.1 Å². The summed E-state index contributed by atoms with van der Waals surface area (Å²) in [5.41, 5.74) is -0.0641. The fourth-order valence-electron chi connectivity index (χ4n) is 1.92. The largest absolute Gasteiger partial charge is 0.416 e. The molecular weight excluding hydrogens is 285 g/mol. The standard InChI is InChI=1S/C15H13F3OS/c1-3-11-5-7-13(20-11)14(19)12-6-4-10(8-9(12)2)15(16,17)18/h4-8H,3H2,1-2H3. The summed E-state index contributed by atoms with van der Waals surface area (Å²) in [7, 11) is 0. The molecule has 106 valence electrons. The van der Waals surface area contributed by atoms with E-state index in [1.165, 1.54) is 24.3 Å². The molecule has 0 spiro atoms. The molecular formula is C15H13F3OS. The van der Waals surface area contributed by atoms with Crippen molar-refractivity contribution in [2.45, 2.75) is 26.4 Å². The lowest BCUT2D eigenvalue weighted by Crippen LogP contribution is -2.08. The first-order chi connectivity index (χ1) is 9.32. The predicted octanol–water partition coefficient (Wildman–Crippen LogP) is 4.87. The van der Waals surface area contributed by atoms with Crippen molar-refractivity contribution in [1.82, 2.24) is 0 Å². The Morgan fingerprint density at radius 3 is 2.40 bits per heavy atom. The van der Waals surface area contributed by atoms with E-state index >= 15 is 0 Å². The maximum Gasteiger partial charge on any atom is 0.416 e. The van der Waals surface area contributed by atoms with Crippen LogP contribution in [0.25, 0.3) is 0 Å². The highest BCUT2D eigenvalue weighted by Crippen LogP contribution is 2.31. The number of benzene rings is 1. The lowest BCUT2D eigenvalue weighted by atomic mass is 10.0. The normalized spacial score (nSPS) is 11.7. The number of thiophene rings is 1. The Morgan fingerprint density at radius 1 is 1.20 bits per heavy atom. The van der Waals surface area contributed by atoms with E-state index in [4.69, 9.17) is 0 Å². The Hall–Kier alpha value is -1.62. The Kier molecular flexibility index (Phi) is 3.99. The zero-order chi connectivity index (χ0) is 14.9. The molecule has 0 fully saturated rings. The quantitative estimate of drug-likeness (QED) is 0.739. The molecule has 20 heavy (non-hydrogen) atoms. The molecule has 0 bridgehead atoms. The van der Waals surface area contributed by atoms with Crippen molar-refractivity contribution in [2.75, 3.05) is 0 Å². The SMILES string of the molecule is CCc1ccc(C(=O)c2ccc(C(F)(F)F)cc2C)s1. The molecule has 0 radical (unpaired) electrons. The molecule has 0 atom stereocenters. The summed E-state index contributed by atoms with van der Waals surface area (Å²) in [5.74, 6) is -0.221. The summed E-state index contributed by atoms with van der Waals surface area (Å²) in [5, 5.41) is 0. The van der Waals surface area contributed by atoms with Gasteiger partial charge < -0.3 is 0 Å². The molecule has 2 aromatic rings. The summed E-state index contributed by atoms with van der Waals surface area (Å²) < 4.78 is 37.8. The minimum Gasteiger partial charge on any atom is -0.288 e. The van der Waals surface area contributed by atoms with Crippen molar-refractivity contribution in [3.05, 3.63) is 56.8 Å². The lowest BCUT2D eigenvalue weighted by Gasteiger charge is -2.09. The van der Waals surface area contributed by atoms with Gasteiger partial charge in [0, 0.05) is 10.4 Å². The van der Waals surface area contributed by atoms with E-state index in [1.807, 2.05) is 13.0 Å². The zero-order valence-corrected chi connectivity index (χ0v) is 11.9. The number of hydrogen-bond donors (Lipinski definition) is 0. The Morgan fingerprint density at radius 2 is 1.90 bits per heavy atom. The van der Waals surface area contributed by atoms with E-state index in [9.17, 15) is 18.0 Å². The van der Waals surface area contributed by atoms with Crippen LogP contribution in [0.2, 0.25) is 0 Å². The van der Waals surface area contributed by atoms with Crippen LogP contribution in [-0.4, -0.2) is 5.78 Å². The van der Waals surface area contributed by atoms with Gasteiger partial charge in [-0.1, -0.05) is 13.0 Å². The fourth-order valence-corrected chi connectivity index (χ4v) is 2.82. The molecule has 0 saturated heterocycles. The van der Waals surface area contributed by atoms with Crippen molar-refractivity contribution in [3.63, 3.8) is 0 Å². The number of alkyl halides is 3. The van der Waals surface area contributed by atoms with Crippen molar-refractivity contribution in [1.29, 1.82) is 0 Å². The number of ketones is 1. The molecule has 0 N–H and O–H groups in total. The highest BCUT2D eigenvalue weighted by molar-refractivity contribution is 7.14. The van der Waals surface area contributed by atoms with Gasteiger partial charge in [0.2, 0.25) is 5.78 Å². The molecule has 0 unspecified atom stereocenters. The number of carbonyl (C=O) groups is 1. The van der Waals surface area contributed by atoms with Crippen molar-refractivity contribution in [3.8, 4) is 0 Å². The highest BCUT2D eigenvalue weighted by Gasteiger charge is 2.31. The maximum absolute atomic E-state index is 12.6. The Balaban J connectivity index is 2.36. The van der Waals surface area contributed by atoms with Gasteiger partial charge in [0.1, 0.15) is 0 Å². The molecule has 1 aromatic carbocycles. The third kappa shape index (κ3) is 2.93. The van der Waals surface area contributed by atoms with Crippen molar-refractivity contribution in [2.24, 2.45) is 0 Å². The van der Waals surface area contributed by atoms with Gasteiger partial charge >= 0.3 is 6.18 Å². The second kappa shape index (κ2) is 5.40. The van der Waals surface area contributed by atoms with Crippen LogP contribution < -0.4 is 0 Å². The van der Waals surface area contributed by atoms with Crippen LogP contribution >= 0.6 is 11.3 Å². The molecule has 0 aliphatic heterocycles. The van der Waals surface area contributed by atoms with E-state index < -0.39 is 11.7 Å². The summed E-state index contributed by atoms with van der Waals surface area (Å²) in [6.07, 6.45) is -3.55. The lowest BCUT2D eigenvalue weighted by molar-refractivity contribution is -0.137. The third-order valence-electron chi connectivity index (χ3n) is 3.03. The molecule has 1 nitrogen and oxygen atoms in total. The van der Waals surface area contributed by atoms with Gasteiger partial charge in [-0.2, -0.15) is 13.2 Å². The highest BCUT2D eigenvalue weighted by atomic mass is 32.1. The van der Waals surface area contributed by atoms with Crippen molar-refractivity contribution >= 4 is 17.1 Å². The summed E-state index contributed by atoms with van der Waals surface area (Å²) >= 11 is 1.38. The minimum atomic E-state index is -4.38. The van der Waals surface area contributed by atoms with Crippen molar-refractivity contribution < 1.29 is 18.0 Å². The summed E-state index contributed by atoms with van der Waals surface area (Å²) in [6, 6.07) is 6.82. The van der Waals surface area contributed by atoms with Gasteiger partial charge in [0.15, 0.2) is 0 Å². The molecule has 0 aliphatic carbocycles. The second-order valence-electron chi connectivity index (χ2n) is 4.48. The smallest absolute Gasteiger partial charge is 0.288 e. The fraction of sp³-hybridized carbons (Fsp3) is 0.267. The number of rotatable bonds is 3. The third-order valence-corrected chi connectivity index (χ3v) is 4.26. The first kappa shape index (κ1) is 14.8. The van der Waals surface area contributed by atoms with E-state index in [2.05, 4.69) is 0 Å². The maximum atomic E-state index is 12.6. The molecule has 0 amide bonds. The van der Waals surface area contributed by atoms with Gasteiger partial charge in [-0.05, 0) is 43.2 Å². The Labute approximate surface area is 119 Å². The van der Waals surface area contributed by atoms with E-state index in [0.29, 0.717) is 16.0 Å². The molecule has 0 saturated carbocycles. The average molecular weight is 298 g/mol. The second-order valence-corrected chi connectivity index (χ2v) is 5.64. The van der Waals surface area contributed by atoms with E-state index in [1.54, 1.807) is 6.07 Å². The van der Waals surface area contributed by atoms with E-state index in [-0.39, 0.29) is 5.78 Å². The van der Waals surface area contributed by atoms with E-state index in [0.717, 1.165) is 23.4 Å². The van der Waals surface area contributed by atoms with Gasteiger partial charge in [0.05, 0.1) is 10.4 Å². The number of aryl methyl sites for hydroxylation is 2. The molecule has 0 aliphatic rings. The van der Waals surface area contributed by atoms with Gasteiger partial charge in [-0.25, -0.2) is 0 Å². The minimum absolute atomic E-state index is 0.221. The van der Waals surface area contributed by atoms with Gasteiger partial charge in [-0.3, -0.25) is 4.79 Å². The van der Waals surface area contributed by atoms with Crippen LogP contribution in [0.1, 0.15) is 38.2 Å². The predicted molar refractivity (Wildman–Crippen MR) is 73.3 cm³/mol. The van der Waals surface area contributed by atoms with Gasteiger partial charge in [0.25, 0.3) is 0 Å². The molecule has 5 heteroatoms. The number of halogens is 3. The van der Waals surface area contributed by atoms with Crippen LogP contribution in [0.15, 0.2) is 30.3 Å². The number of hydrogen-bond acceptors (Lipinski definition) is 2. The zero-order valence-electron chi connectivity index (χ0n) is 11.0. The van der Waals surface area contributed by atoms with Crippen LogP contribution in [0.5, 0.6) is 0 Å². The summed E-state index contributed by atoms with van der Waals surface area (Å²) in [4.78, 5) is 13.9. The molecule has 1 heterocycles. The van der Waals surface area contributed by atoms with Crippen LogP contribution in [0, 0.1) is 6.92 Å². The Bertz CT molecular complexity index is 641. The first-order valence-corrected chi connectivity index (χ1v) is 6.96. The molecule has 1 aromatic heterocycles. The van der Waals surface area contributed by atoms with Gasteiger partial charge in [-0.15, -0.1) is 11.3 Å². The first-order valence-electron chi connectivity index (χ1n) is 6.14. The number of carbonyl (C=O) groups excluding carboxylic acids is 1. The monoisotopic (exact) mass is 298 g/mol.